The van der Waals surface area contributed by atoms with Crippen molar-refractivity contribution in [3.05, 3.63) is 23.2 Å². The van der Waals surface area contributed by atoms with Crippen molar-refractivity contribution in [3.63, 3.8) is 0 Å². The second kappa shape index (κ2) is 3.72. The van der Waals surface area contributed by atoms with E-state index >= 15 is 0 Å². The van der Waals surface area contributed by atoms with Crippen molar-refractivity contribution >= 4 is 23.2 Å². The Labute approximate surface area is 92.2 Å². The SMILES string of the molecule is NC1CC(=O)N(c2ccc(O)c(Cl)c2)C1. The molecule has 1 aromatic carbocycles. The molecule has 1 aliphatic rings. The Morgan fingerprint density at radius 3 is 2.80 bits per heavy atom. The number of anilines is 1. The molecule has 4 nitrogen and oxygen atoms in total. The van der Waals surface area contributed by atoms with Crippen LogP contribution in [0.3, 0.4) is 0 Å². The van der Waals surface area contributed by atoms with Gasteiger partial charge in [0.25, 0.3) is 0 Å². The Hall–Kier alpha value is -1.26. The van der Waals surface area contributed by atoms with Crippen LogP contribution in [0.25, 0.3) is 0 Å². The number of hydrogen-bond donors (Lipinski definition) is 2. The van der Waals surface area contributed by atoms with E-state index in [0.717, 1.165) is 0 Å². The molecule has 0 bridgehead atoms. The fourth-order valence-corrected chi connectivity index (χ4v) is 1.82. The van der Waals surface area contributed by atoms with Gasteiger partial charge in [-0.1, -0.05) is 11.6 Å². The molecule has 0 aliphatic carbocycles. The third-order valence-corrected chi connectivity index (χ3v) is 2.70. The number of nitrogens with zero attached hydrogens (tertiary/aromatic N) is 1. The van der Waals surface area contributed by atoms with Gasteiger partial charge in [0.1, 0.15) is 5.75 Å². The molecular formula is C10H11ClN2O2. The fraction of sp³-hybridized carbons (Fsp3) is 0.300. The van der Waals surface area contributed by atoms with Gasteiger partial charge in [-0.05, 0) is 18.2 Å². The number of amides is 1. The van der Waals surface area contributed by atoms with E-state index in [0.29, 0.717) is 18.7 Å². The molecule has 1 unspecified atom stereocenters. The molecule has 1 amide bonds. The molecule has 0 aromatic heterocycles. The van der Waals surface area contributed by atoms with Crippen molar-refractivity contribution in [1.29, 1.82) is 0 Å². The number of carbonyl (C=O) groups excluding carboxylic acids is 1. The summed E-state index contributed by atoms with van der Waals surface area (Å²) in [6, 6.07) is 4.56. The van der Waals surface area contributed by atoms with Gasteiger partial charge in [-0.3, -0.25) is 4.79 Å². The minimum atomic E-state index is -0.120. The summed E-state index contributed by atoms with van der Waals surface area (Å²) in [5, 5.41) is 9.48. The first-order chi connectivity index (χ1) is 7.08. The Balaban J connectivity index is 2.30. The summed E-state index contributed by atoms with van der Waals surface area (Å²) in [6.07, 6.45) is 0.360. The number of benzene rings is 1. The van der Waals surface area contributed by atoms with Gasteiger partial charge >= 0.3 is 0 Å². The molecule has 1 aliphatic heterocycles. The molecule has 0 saturated carbocycles. The Kier molecular flexibility index (Phi) is 2.54. The molecule has 1 heterocycles. The molecule has 5 heteroatoms. The zero-order chi connectivity index (χ0) is 11.0. The van der Waals surface area contributed by atoms with E-state index in [1.165, 1.54) is 6.07 Å². The van der Waals surface area contributed by atoms with Crippen LogP contribution in [-0.4, -0.2) is 23.6 Å². The van der Waals surface area contributed by atoms with E-state index in [9.17, 15) is 9.90 Å². The van der Waals surface area contributed by atoms with Gasteiger partial charge in [-0.2, -0.15) is 0 Å². The zero-order valence-electron chi connectivity index (χ0n) is 7.98. The monoisotopic (exact) mass is 226 g/mol. The lowest BCUT2D eigenvalue weighted by Crippen LogP contribution is -2.27. The molecule has 0 spiro atoms. The first-order valence-corrected chi connectivity index (χ1v) is 5.00. The topological polar surface area (TPSA) is 66.6 Å². The van der Waals surface area contributed by atoms with Crippen LogP contribution in [0.5, 0.6) is 5.75 Å². The third-order valence-electron chi connectivity index (χ3n) is 2.40. The van der Waals surface area contributed by atoms with Crippen LogP contribution in [-0.2, 0) is 4.79 Å². The van der Waals surface area contributed by atoms with Gasteiger partial charge in [0.05, 0.1) is 5.02 Å². The largest absolute Gasteiger partial charge is 0.506 e. The number of nitrogens with two attached hydrogens (primary N) is 1. The zero-order valence-corrected chi connectivity index (χ0v) is 8.74. The maximum absolute atomic E-state index is 11.5. The normalized spacial score (nSPS) is 21.1. The number of rotatable bonds is 1. The minimum Gasteiger partial charge on any atom is -0.506 e. The van der Waals surface area contributed by atoms with E-state index in [-0.39, 0.29) is 22.7 Å². The maximum Gasteiger partial charge on any atom is 0.228 e. The van der Waals surface area contributed by atoms with Gasteiger partial charge < -0.3 is 15.7 Å². The molecule has 80 valence electrons. The van der Waals surface area contributed by atoms with Crippen LogP contribution < -0.4 is 10.6 Å². The Morgan fingerprint density at radius 2 is 2.27 bits per heavy atom. The predicted octanol–water partition coefficient (Wildman–Crippen LogP) is 1.11. The Morgan fingerprint density at radius 1 is 1.53 bits per heavy atom. The summed E-state index contributed by atoms with van der Waals surface area (Å²) >= 11 is 5.76. The van der Waals surface area contributed by atoms with Crippen LogP contribution >= 0.6 is 11.6 Å². The molecule has 0 radical (unpaired) electrons. The molecule has 1 saturated heterocycles. The van der Waals surface area contributed by atoms with E-state index in [4.69, 9.17) is 17.3 Å². The smallest absolute Gasteiger partial charge is 0.228 e. The maximum atomic E-state index is 11.5. The summed E-state index contributed by atoms with van der Waals surface area (Å²) in [5.41, 5.74) is 6.35. The summed E-state index contributed by atoms with van der Waals surface area (Å²) in [5.74, 6) is 0.000572. The summed E-state index contributed by atoms with van der Waals surface area (Å²) < 4.78 is 0. The van der Waals surface area contributed by atoms with Crippen molar-refractivity contribution in [3.8, 4) is 5.75 Å². The van der Waals surface area contributed by atoms with Gasteiger partial charge in [-0.25, -0.2) is 0 Å². The summed E-state index contributed by atoms with van der Waals surface area (Å²) in [6.45, 7) is 0.500. The van der Waals surface area contributed by atoms with Gasteiger partial charge in [0.2, 0.25) is 5.91 Å². The molecule has 2 rings (SSSR count). The number of aromatic hydroxyl groups is 1. The standard InChI is InChI=1S/C10H11ClN2O2/c11-8-4-7(1-2-9(8)14)13-5-6(12)3-10(13)15/h1-2,4,6,14H,3,5,12H2. The molecule has 15 heavy (non-hydrogen) atoms. The van der Waals surface area contributed by atoms with Crippen LogP contribution in [0.15, 0.2) is 18.2 Å². The lowest BCUT2D eigenvalue weighted by molar-refractivity contribution is -0.117. The van der Waals surface area contributed by atoms with Crippen molar-refractivity contribution in [2.45, 2.75) is 12.5 Å². The number of phenolic OH excluding ortho intramolecular Hbond substituents is 1. The van der Waals surface area contributed by atoms with Crippen molar-refractivity contribution < 1.29 is 9.90 Å². The molecular weight excluding hydrogens is 216 g/mol. The van der Waals surface area contributed by atoms with Crippen LogP contribution in [0.2, 0.25) is 5.02 Å². The van der Waals surface area contributed by atoms with E-state index in [1.807, 2.05) is 0 Å². The van der Waals surface area contributed by atoms with Crippen LogP contribution in [0, 0.1) is 0 Å². The van der Waals surface area contributed by atoms with Gasteiger partial charge in [0, 0.05) is 24.7 Å². The highest BCUT2D eigenvalue weighted by atomic mass is 35.5. The first kappa shape index (κ1) is 10.3. The van der Waals surface area contributed by atoms with E-state index in [1.54, 1.807) is 17.0 Å². The average Bonchev–Trinajstić information content (AvgIpc) is 2.50. The predicted molar refractivity (Wildman–Crippen MR) is 58.1 cm³/mol. The molecule has 3 N–H and O–H groups in total. The number of phenols is 1. The molecule has 1 aromatic rings. The number of carbonyl (C=O) groups is 1. The second-order valence-corrected chi connectivity index (χ2v) is 4.01. The molecule has 1 fully saturated rings. The van der Waals surface area contributed by atoms with E-state index < -0.39 is 0 Å². The van der Waals surface area contributed by atoms with Crippen LogP contribution in [0.1, 0.15) is 6.42 Å². The Bertz CT molecular complexity index is 408. The van der Waals surface area contributed by atoms with Gasteiger partial charge in [0.15, 0.2) is 0 Å². The molecule has 1 atom stereocenters. The lowest BCUT2D eigenvalue weighted by Gasteiger charge is -2.16. The lowest BCUT2D eigenvalue weighted by atomic mass is 10.3. The number of hydrogen-bond acceptors (Lipinski definition) is 3. The highest BCUT2D eigenvalue weighted by Crippen LogP contribution is 2.29. The van der Waals surface area contributed by atoms with Crippen LogP contribution in [0.4, 0.5) is 5.69 Å². The van der Waals surface area contributed by atoms with E-state index in [2.05, 4.69) is 0 Å². The van der Waals surface area contributed by atoms with Gasteiger partial charge in [-0.15, -0.1) is 0 Å². The summed E-state index contributed by atoms with van der Waals surface area (Å²) in [7, 11) is 0. The minimum absolute atomic E-state index is 0.00995. The quantitative estimate of drug-likeness (QED) is 0.754. The number of halogens is 1. The van der Waals surface area contributed by atoms with Crippen molar-refractivity contribution in [2.75, 3.05) is 11.4 Å². The average molecular weight is 227 g/mol. The summed E-state index contributed by atoms with van der Waals surface area (Å²) in [4.78, 5) is 13.1. The fourth-order valence-electron chi connectivity index (χ4n) is 1.65. The highest BCUT2D eigenvalue weighted by molar-refractivity contribution is 6.32. The van der Waals surface area contributed by atoms with Crippen molar-refractivity contribution in [1.82, 2.24) is 0 Å². The second-order valence-electron chi connectivity index (χ2n) is 3.60. The first-order valence-electron chi connectivity index (χ1n) is 4.62. The third kappa shape index (κ3) is 1.91. The van der Waals surface area contributed by atoms with Crippen molar-refractivity contribution in [2.24, 2.45) is 5.73 Å². The highest BCUT2D eigenvalue weighted by Gasteiger charge is 2.28.